The van der Waals surface area contributed by atoms with Gasteiger partial charge in [0.2, 0.25) is 0 Å². The van der Waals surface area contributed by atoms with Crippen LogP contribution in [0.3, 0.4) is 0 Å². The summed E-state index contributed by atoms with van der Waals surface area (Å²) in [7, 11) is 0. The molecular weight excluding hydrogens is 405 g/mol. The largest absolute Gasteiger partial charge is 0.370 e. The summed E-state index contributed by atoms with van der Waals surface area (Å²) in [6.07, 6.45) is 2.11. The fourth-order valence-electron chi connectivity index (χ4n) is 2.68. The molecule has 3 N–H and O–H groups in total. The molecule has 118 valence electrons. The van der Waals surface area contributed by atoms with E-state index in [1.54, 1.807) is 11.3 Å². The van der Waals surface area contributed by atoms with E-state index in [1.807, 2.05) is 0 Å². The van der Waals surface area contributed by atoms with Gasteiger partial charge in [-0.1, -0.05) is 30.3 Å². The van der Waals surface area contributed by atoms with Crippen molar-refractivity contribution in [3.8, 4) is 0 Å². The highest BCUT2D eigenvalue weighted by molar-refractivity contribution is 14.0. The summed E-state index contributed by atoms with van der Waals surface area (Å²) in [5, 5.41) is 5.44. The lowest BCUT2D eigenvalue weighted by atomic mass is 10.0. The Kier molecular flexibility index (Phi) is 6.26. The molecule has 2 unspecified atom stereocenters. The third-order valence-electron chi connectivity index (χ3n) is 3.93. The predicted molar refractivity (Wildman–Crippen MR) is 105 cm³/mol. The van der Waals surface area contributed by atoms with Gasteiger partial charge in [-0.05, 0) is 35.9 Å². The van der Waals surface area contributed by atoms with E-state index in [0.717, 1.165) is 19.4 Å². The molecule has 2 atom stereocenters. The minimum atomic E-state index is 0. The number of guanidine groups is 1. The lowest BCUT2D eigenvalue weighted by molar-refractivity contribution is 0.842. The highest BCUT2D eigenvalue weighted by Gasteiger charge is 2.39. The van der Waals surface area contributed by atoms with Gasteiger partial charge in [0.25, 0.3) is 0 Å². The summed E-state index contributed by atoms with van der Waals surface area (Å²) in [5.41, 5.74) is 8.77. The van der Waals surface area contributed by atoms with Gasteiger partial charge < -0.3 is 11.1 Å². The first-order valence-corrected chi connectivity index (χ1v) is 8.26. The topological polar surface area (TPSA) is 50.4 Å². The normalized spacial score (nSPS) is 20.3. The lowest BCUT2D eigenvalue weighted by Crippen LogP contribution is -2.34. The van der Waals surface area contributed by atoms with E-state index in [-0.39, 0.29) is 24.0 Å². The van der Waals surface area contributed by atoms with Crippen LogP contribution >= 0.6 is 35.3 Å². The number of hydrogen-bond donors (Lipinski definition) is 2. The second-order valence-corrected chi connectivity index (χ2v) is 6.58. The number of thiophene rings is 1. The van der Waals surface area contributed by atoms with Crippen molar-refractivity contribution < 1.29 is 0 Å². The summed E-state index contributed by atoms with van der Waals surface area (Å²) in [4.78, 5) is 5.78. The zero-order valence-electron chi connectivity index (χ0n) is 12.7. The number of halogens is 1. The Morgan fingerprint density at radius 3 is 2.86 bits per heavy atom. The maximum absolute atomic E-state index is 5.97. The van der Waals surface area contributed by atoms with Crippen LogP contribution in [-0.4, -0.2) is 18.5 Å². The van der Waals surface area contributed by atoms with E-state index in [4.69, 9.17) is 5.73 Å². The van der Waals surface area contributed by atoms with Gasteiger partial charge in [0.15, 0.2) is 5.96 Å². The average Bonchev–Trinajstić information content (AvgIpc) is 3.01. The van der Waals surface area contributed by atoms with Gasteiger partial charge in [-0.3, -0.25) is 4.99 Å². The van der Waals surface area contributed by atoms with E-state index in [2.05, 4.69) is 59.0 Å². The zero-order chi connectivity index (χ0) is 14.7. The molecule has 3 nitrogen and oxygen atoms in total. The first kappa shape index (κ1) is 17.3. The van der Waals surface area contributed by atoms with Crippen LogP contribution in [0.5, 0.6) is 0 Å². The molecule has 22 heavy (non-hydrogen) atoms. The maximum Gasteiger partial charge on any atom is 0.188 e. The standard InChI is InChI=1S/C17H21N3S.HI/c1-12-5-2-3-7-14(12)15-11-16(15)20-17(18)19-9-8-13-6-4-10-21-13;/h2-7,10,15-16H,8-9,11H2,1H3,(H3,18,19,20);1H. The van der Waals surface area contributed by atoms with Crippen molar-refractivity contribution in [1.82, 2.24) is 5.32 Å². The zero-order valence-corrected chi connectivity index (χ0v) is 15.8. The Morgan fingerprint density at radius 2 is 2.14 bits per heavy atom. The van der Waals surface area contributed by atoms with Crippen molar-refractivity contribution in [2.75, 3.05) is 6.54 Å². The van der Waals surface area contributed by atoms with Crippen LogP contribution in [0.2, 0.25) is 0 Å². The SMILES string of the molecule is Cc1ccccc1C1CC1NC(N)=NCCc1cccs1.I. The first-order valence-electron chi connectivity index (χ1n) is 7.38. The number of nitrogens with two attached hydrogens (primary N) is 1. The van der Waals surface area contributed by atoms with E-state index in [9.17, 15) is 0 Å². The van der Waals surface area contributed by atoms with Crippen molar-refractivity contribution in [3.63, 3.8) is 0 Å². The number of nitrogens with one attached hydrogen (secondary N) is 1. The van der Waals surface area contributed by atoms with Crippen LogP contribution in [0, 0.1) is 6.92 Å². The number of benzene rings is 1. The molecule has 0 aliphatic heterocycles. The highest BCUT2D eigenvalue weighted by atomic mass is 127. The van der Waals surface area contributed by atoms with Crippen LogP contribution in [0.4, 0.5) is 0 Å². The molecule has 1 fully saturated rings. The monoisotopic (exact) mass is 427 g/mol. The van der Waals surface area contributed by atoms with Crippen LogP contribution < -0.4 is 11.1 Å². The summed E-state index contributed by atoms with van der Waals surface area (Å²) >= 11 is 1.77. The molecule has 1 saturated carbocycles. The summed E-state index contributed by atoms with van der Waals surface area (Å²) in [5.74, 6) is 1.16. The maximum atomic E-state index is 5.97. The Morgan fingerprint density at radius 1 is 1.32 bits per heavy atom. The third-order valence-corrected chi connectivity index (χ3v) is 4.87. The number of rotatable bonds is 5. The Hall–Kier alpha value is -1.08. The van der Waals surface area contributed by atoms with Gasteiger partial charge in [-0.15, -0.1) is 35.3 Å². The van der Waals surface area contributed by atoms with Crippen molar-refractivity contribution in [2.45, 2.75) is 31.7 Å². The number of hydrogen-bond acceptors (Lipinski definition) is 2. The van der Waals surface area contributed by atoms with Gasteiger partial charge >= 0.3 is 0 Å². The smallest absolute Gasteiger partial charge is 0.188 e. The Bertz CT molecular complexity index is 625. The van der Waals surface area contributed by atoms with Gasteiger partial charge in [-0.2, -0.15) is 0 Å². The molecule has 0 spiro atoms. The van der Waals surface area contributed by atoms with Crippen molar-refractivity contribution in [1.29, 1.82) is 0 Å². The molecule has 2 aromatic rings. The van der Waals surface area contributed by atoms with Crippen molar-refractivity contribution >= 4 is 41.3 Å². The highest BCUT2D eigenvalue weighted by Crippen LogP contribution is 2.41. The molecule has 0 amide bonds. The van der Waals surface area contributed by atoms with E-state index >= 15 is 0 Å². The Labute approximate surface area is 153 Å². The second-order valence-electron chi connectivity index (χ2n) is 5.55. The van der Waals surface area contributed by atoms with Gasteiger partial charge in [0.05, 0.1) is 0 Å². The number of nitrogens with zero attached hydrogens (tertiary/aromatic N) is 1. The molecule has 1 aromatic carbocycles. The van der Waals surface area contributed by atoms with E-state index in [0.29, 0.717) is 17.9 Å². The second kappa shape index (κ2) is 7.97. The van der Waals surface area contributed by atoms with Crippen LogP contribution in [-0.2, 0) is 6.42 Å². The van der Waals surface area contributed by atoms with Gasteiger partial charge in [-0.25, -0.2) is 0 Å². The fourth-order valence-corrected chi connectivity index (χ4v) is 3.38. The molecular formula is C17H22IN3S. The number of aryl methyl sites for hydroxylation is 1. The third kappa shape index (κ3) is 4.46. The fraction of sp³-hybridized carbons (Fsp3) is 0.353. The molecule has 1 heterocycles. The van der Waals surface area contributed by atoms with Gasteiger partial charge in [0, 0.05) is 29.8 Å². The van der Waals surface area contributed by atoms with Crippen LogP contribution in [0.15, 0.2) is 46.8 Å². The number of aliphatic imine (C=N–C) groups is 1. The summed E-state index contributed by atoms with van der Waals surface area (Å²) in [6.45, 7) is 2.92. The lowest BCUT2D eigenvalue weighted by Gasteiger charge is -2.07. The van der Waals surface area contributed by atoms with Crippen molar-refractivity contribution in [3.05, 3.63) is 57.8 Å². The molecule has 1 aromatic heterocycles. The van der Waals surface area contributed by atoms with Crippen molar-refractivity contribution in [2.24, 2.45) is 10.7 Å². The molecule has 1 aliphatic carbocycles. The molecule has 5 heteroatoms. The summed E-state index contributed by atoms with van der Waals surface area (Å²) in [6, 6.07) is 13.2. The molecule has 0 saturated heterocycles. The molecule has 3 rings (SSSR count). The minimum Gasteiger partial charge on any atom is -0.370 e. The Balaban J connectivity index is 0.00000176. The summed E-state index contributed by atoms with van der Waals surface area (Å²) < 4.78 is 0. The van der Waals surface area contributed by atoms with E-state index < -0.39 is 0 Å². The molecule has 1 aliphatic rings. The van der Waals surface area contributed by atoms with Gasteiger partial charge in [0.1, 0.15) is 0 Å². The first-order chi connectivity index (χ1) is 10.2. The predicted octanol–water partition coefficient (Wildman–Crippen LogP) is 3.68. The quantitative estimate of drug-likeness (QED) is 0.435. The molecule has 0 bridgehead atoms. The minimum absolute atomic E-state index is 0. The van der Waals surface area contributed by atoms with Crippen LogP contribution in [0.1, 0.15) is 28.3 Å². The molecule has 0 radical (unpaired) electrons. The van der Waals surface area contributed by atoms with E-state index in [1.165, 1.54) is 16.0 Å². The average molecular weight is 427 g/mol. The van der Waals surface area contributed by atoms with Crippen LogP contribution in [0.25, 0.3) is 0 Å².